The van der Waals surface area contributed by atoms with E-state index in [4.69, 9.17) is 23.7 Å². The third-order valence-electron chi connectivity index (χ3n) is 10.1. The zero-order chi connectivity index (χ0) is 38.9. The van der Waals surface area contributed by atoms with E-state index in [1.165, 1.54) is 25.3 Å². The summed E-state index contributed by atoms with van der Waals surface area (Å²) < 4.78 is 29.5. The molecule has 7 rings (SSSR count). The summed E-state index contributed by atoms with van der Waals surface area (Å²) in [4.78, 5) is 53.8. The van der Waals surface area contributed by atoms with E-state index < -0.39 is 71.0 Å². The first-order valence-corrected chi connectivity index (χ1v) is 17.6. The number of aryl methyl sites for hydroxylation is 1. The van der Waals surface area contributed by atoms with Crippen molar-refractivity contribution in [1.29, 1.82) is 0 Å². The van der Waals surface area contributed by atoms with Gasteiger partial charge in [-0.25, -0.2) is 19.0 Å². The zero-order valence-corrected chi connectivity index (χ0v) is 30.2. The number of hydrogen-bond acceptors (Lipinski definition) is 11. The fraction of sp³-hybridized carbons (Fsp3) is 0.268. The molecule has 14 heteroatoms. The Morgan fingerprint density at radius 3 is 1.87 bits per heavy atom. The molecule has 2 aliphatic rings. The van der Waals surface area contributed by atoms with Gasteiger partial charge in [0.2, 0.25) is 0 Å². The normalized spacial score (nSPS) is 20.4. The fourth-order valence-corrected chi connectivity index (χ4v) is 7.17. The second kappa shape index (κ2) is 15.2. The quantitative estimate of drug-likeness (QED) is 0.0774. The average Bonchev–Trinajstić information content (AvgIpc) is 3.62. The molecule has 14 nitrogen and oxygen atoms in total. The number of amides is 2. The van der Waals surface area contributed by atoms with Crippen molar-refractivity contribution in [1.82, 2.24) is 9.55 Å². The number of nitrogens with one attached hydrogen (secondary N) is 1. The molecule has 2 aliphatic heterocycles. The minimum atomic E-state index is -1.80. The molecule has 0 aliphatic carbocycles. The number of ether oxygens (including phenoxy) is 5. The number of carbonyl (C=O) groups excluding carboxylic acids is 2. The van der Waals surface area contributed by atoms with Gasteiger partial charge < -0.3 is 34.0 Å². The number of imide groups is 1. The molecule has 5 aromatic rings. The summed E-state index contributed by atoms with van der Waals surface area (Å²) in [5.41, 5.74) is -0.293. The molecule has 4 atom stereocenters. The molecule has 1 aromatic heterocycles. The number of methoxy groups -OCH3 is 2. The van der Waals surface area contributed by atoms with Gasteiger partial charge in [-0.05, 0) is 60.0 Å². The van der Waals surface area contributed by atoms with Crippen LogP contribution in [0, 0.1) is 12.1 Å². The summed E-state index contributed by atoms with van der Waals surface area (Å²) in [6, 6.07) is 30.2. The van der Waals surface area contributed by atoms with Crippen LogP contribution in [0.1, 0.15) is 49.2 Å². The molecule has 1 fully saturated rings. The third-order valence-corrected chi connectivity index (χ3v) is 10.1. The highest BCUT2D eigenvalue weighted by Gasteiger charge is 2.50. The third kappa shape index (κ3) is 6.69. The van der Waals surface area contributed by atoms with E-state index in [0.717, 1.165) is 21.3 Å². The molecule has 0 radical (unpaired) electrons. The lowest BCUT2D eigenvalue weighted by molar-refractivity contribution is -0.709. The predicted molar refractivity (Wildman–Crippen MR) is 198 cm³/mol. The lowest BCUT2D eigenvalue weighted by Gasteiger charge is -2.37. The Morgan fingerprint density at radius 2 is 1.33 bits per heavy atom. The number of aromatic nitrogens is 2. The number of hydrogen-bond donors (Lipinski definition) is 2. The molecular weight excluding hydrogens is 710 g/mol. The van der Waals surface area contributed by atoms with E-state index in [9.17, 15) is 29.5 Å². The Labute approximate surface area is 315 Å². The summed E-state index contributed by atoms with van der Waals surface area (Å²) in [6.07, 6.45) is -3.95. The van der Waals surface area contributed by atoms with Crippen LogP contribution in [-0.4, -0.2) is 83.4 Å². The van der Waals surface area contributed by atoms with Gasteiger partial charge in [0.15, 0.2) is 6.23 Å². The molecule has 4 aromatic carbocycles. The second-order valence-electron chi connectivity index (χ2n) is 13.3. The minimum Gasteiger partial charge on any atom is -0.617 e. The van der Waals surface area contributed by atoms with Crippen LogP contribution < -0.4 is 20.7 Å². The van der Waals surface area contributed by atoms with E-state index in [1.807, 2.05) is 78.9 Å². The molecule has 0 bridgehead atoms. The Bertz CT molecular complexity index is 2220. The molecule has 1 unspecified atom stereocenters. The van der Waals surface area contributed by atoms with E-state index in [2.05, 4.69) is 4.98 Å². The maximum atomic E-state index is 13.7. The largest absolute Gasteiger partial charge is 0.617 e. The van der Waals surface area contributed by atoms with E-state index in [1.54, 1.807) is 26.4 Å². The number of nitrogens with zero attached hydrogens (tertiary/aromatic N) is 2. The monoisotopic (exact) mass is 749 g/mol. The summed E-state index contributed by atoms with van der Waals surface area (Å²) in [7, 11) is 3.14. The van der Waals surface area contributed by atoms with Crippen LogP contribution in [0.3, 0.4) is 0 Å². The minimum absolute atomic E-state index is 0.0210. The van der Waals surface area contributed by atoms with Crippen molar-refractivity contribution in [3.63, 3.8) is 0 Å². The zero-order valence-electron chi connectivity index (χ0n) is 30.2. The number of carbonyl (C=O) groups is 2. The van der Waals surface area contributed by atoms with Crippen LogP contribution in [0.15, 0.2) is 119 Å². The summed E-state index contributed by atoms with van der Waals surface area (Å²) >= 11 is 0. The molecule has 0 saturated carbocycles. The molecule has 1 saturated heterocycles. The molecular formula is C41H39N3O11. The van der Waals surface area contributed by atoms with Gasteiger partial charge in [0.05, 0.1) is 38.6 Å². The first-order valence-electron chi connectivity index (χ1n) is 17.6. The first-order chi connectivity index (χ1) is 26.5. The number of H-pyrrole nitrogens is 1. The number of aliphatic hydroxyl groups excluding tert-OH is 1. The van der Waals surface area contributed by atoms with Crippen molar-refractivity contribution in [2.24, 2.45) is 0 Å². The Balaban J connectivity index is 1.23. The van der Waals surface area contributed by atoms with Gasteiger partial charge in [0.1, 0.15) is 42.0 Å². The molecule has 284 valence electrons. The first kappa shape index (κ1) is 37.6. The Morgan fingerprint density at radius 1 is 0.800 bits per heavy atom. The number of aliphatic hydroxyl groups is 1. The van der Waals surface area contributed by atoms with Crippen LogP contribution >= 0.6 is 0 Å². The van der Waals surface area contributed by atoms with Crippen molar-refractivity contribution in [3.05, 3.63) is 169 Å². The lowest BCUT2D eigenvalue weighted by atomic mass is 9.80. The SMILES string of the molecule is COc1ccc(C(OC[C@H]2OC(n3cc(C)c(=O)[nH]c3=O)[C@H](OCC[N+]3([O-])C(=O)c4ccccc4C3=O)[C@@H]2O)(c2ccccc2)c2ccc(OC)cc2)cc1. The van der Waals surface area contributed by atoms with Gasteiger partial charge in [-0.2, -0.15) is 0 Å². The number of quaternary nitrogens is 1. The van der Waals surface area contributed by atoms with E-state index >= 15 is 0 Å². The molecule has 2 N–H and O–H groups in total. The van der Waals surface area contributed by atoms with Gasteiger partial charge >= 0.3 is 17.5 Å². The average molecular weight is 750 g/mol. The summed E-state index contributed by atoms with van der Waals surface area (Å²) in [5.74, 6) is -0.584. The highest BCUT2D eigenvalue weighted by Crippen LogP contribution is 2.43. The second-order valence-corrected chi connectivity index (χ2v) is 13.3. The smallest absolute Gasteiger partial charge is 0.354 e. The van der Waals surface area contributed by atoms with Crippen LogP contribution in [0.5, 0.6) is 11.5 Å². The summed E-state index contributed by atoms with van der Waals surface area (Å²) in [6.45, 7) is 0.180. The maximum Gasteiger partial charge on any atom is 0.354 e. The maximum absolute atomic E-state index is 13.7. The number of rotatable bonds is 13. The van der Waals surface area contributed by atoms with Crippen LogP contribution in [0.2, 0.25) is 0 Å². The van der Waals surface area contributed by atoms with Crippen molar-refractivity contribution in [3.8, 4) is 11.5 Å². The van der Waals surface area contributed by atoms with Crippen LogP contribution in [0.4, 0.5) is 0 Å². The fourth-order valence-electron chi connectivity index (χ4n) is 7.17. The standard InChI is InChI=1S/C41H39N3O11/c1-25-23-43(40(49)42-36(25)46)37-35(53-22-21-44(50)38(47)31-11-7-8-12-32(31)39(44)48)34(45)33(55-37)24-54-41(26-9-5-4-6-10-26,27-13-17-29(51-2)18-14-27)28-15-19-30(52-3)20-16-28/h4-20,23,33-35,37,45H,21-22,24H2,1-3H3,(H,42,46,49)/t33-,34-,35-,37?/m1/s1. The van der Waals surface area contributed by atoms with Crippen molar-refractivity contribution in [2.75, 3.05) is 34.0 Å². The van der Waals surface area contributed by atoms with Crippen molar-refractivity contribution < 1.29 is 43.0 Å². The lowest BCUT2D eigenvalue weighted by Crippen LogP contribution is -2.50. The Hall–Kier alpha value is -5.74. The highest BCUT2D eigenvalue weighted by atomic mass is 16.6. The highest BCUT2D eigenvalue weighted by molar-refractivity contribution is 6.14. The number of aromatic amines is 1. The van der Waals surface area contributed by atoms with E-state index in [0.29, 0.717) is 11.5 Å². The Kier molecular flexibility index (Phi) is 10.4. The van der Waals surface area contributed by atoms with Gasteiger partial charge in [-0.3, -0.25) is 14.3 Å². The van der Waals surface area contributed by atoms with Crippen molar-refractivity contribution >= 4 is 11.8 Å². The van der Waals surface area contributed by atoms with Crippen molar-refractivity contribution in [2.45, 2.75) is 37.1 Å². The van der Waals surface area contributed by atoms with Gasteiger partial charge in [0, 0.05) is 11.8 Å². The van der Waals surface area contributed by atoms with Gasteiger partial charge in [-0.15, -0.1) is 0 Å². The van der Waals surface area contributed by atoms with Crippen LogP contribution in [-0.2, 0) is 19.8 Å². The number of hydroxylamine groups is 3. The van der Waals surface area contributed by atoms with Gasteiger partial charge in [0.25, 0.3) is 5.56 Å². The number of fused-ring (bicyclic) bond motifs is 1. The molecule has 2 amide bonds. The van der Waals surface area contributed by atoms with E-state index in [-0.39, 0.29) is 23.3 Å². The van der Waals surface area contributed by atoms with Crippen LogP contribution in [0.25, 0.3) is 0 Å². The number of benzene rings is 4. The topological polar surface area (TPSA) is 178 Å². The summed E-state index contributed by atoms with van der Waals surface area (Å²) in [5, 5.41) is 25.5. The van der Waals surface area contributed by atoms with Gasteiger partial charge in [-0.1, -0.05) is 66.7 Å². The predicted octanol–water partition coefficient (Wildman–Crippen LogP) is 3.82. The molecule has 3 heterocycles. The molecule has 55 heavy (non-hydrogen) atoms. The molecule has 0 spiro atoms.